The van der Waals surface area contributed by atoms with Gasteiger partial charge < -0.3 is 4.74 Å². The van der Waals surface area contributed by atoms with Crippen LogP contribution in [0, 0.1) is 13.8 Å². The molecule has 0 saturated carbocycles. The van der Waals surface area contributed by atoms with E-state index in [0.717, 1.165) is 40.7 Å². The van der Waals surface area contributed by atoms with E-state index in [4.69, 9.17) is 4.74 Å². The molecule has 0 fully saturated rings. The molecule has 0 spiro atoms. The number of aliphatic imine (C=N–C) groups is 10. The highest BCUT2D eigenvalue weighted by atomic mass is 16.5. The lowest BCUT2D eigenvalue weighted by molar-refractivity contribution is 0.416. The van der Waals surface area contributed by atoms with Gasteiger partial charge in [-0.25, -0.2) is 47.9 Å². The molecule has 350 valence electrons. The number of carbonyl (C=O) groups excluding carboxylic acids is 10. The van der Waals surface area contributed by atoms with Gasteiger partial charge in [0.15, 0.2) is 0 Å². The van der Waals surface area contributed by atoms with E-state index in [0.29, 0.717) is 63.4 Å². The first-order chi connectivity index (χ1) is 33.9. The van der Waals surface area contributed by atoms with Crippen LogP contribution in [0.5, 0.6) is 5.75 Å². The van der Waals surface area contributed by atoms with Crippen molar-refractivity contribution in [3.8, 4) is 5.75 Å². The highest BCUT2D eigenvalue weighted by Crippen LogP contribution is 2.37. The molecule has 0 N–H and O–H groups in total. The van der Waals surface area contributed by atoms with E-state index in [2.05, 4.69) is 49.9 Å². The summed E-state index contributed by atoms with van der Waals surface area (Å²) in [7, 11) is 1.45. The van der Waals surface area contributed by atoms with Crippen molar-refractivity contribution in [3.63, 3.8) is 0 Å². The van der Waals surface area contributed by atoms with Gasteiger partial charge in [-0.3, -0.25) is 0 Å². The second kappa shape index (κ2) is 34.1. The molecular weight excluding hydrogens is 905 g/mol. The predicted octanol–water partition coefficient (Wildman–Crippen LogP) is 10.4. The van der Waals surface area contributed by atoms with E-state index in [-0.39, 0.29) is 5.69 Å². The maximum absolute atomic E-state index is 10.5. The van der Waals surface area contributed by atoms with Crippen LogP contribution in [0.2, 0.25) is 0 Å². The molecule has 0 aliphatic carbocycles. The fourth-order valence-electron chi connectivity index (χ4n) is 5.65. The lowest BCUT2D eigenvalue weighted by Gasteiger charge is -2.14. The molecule has 5 aromatic carbocycles. The van der Waals surface area contributed by atoms with Crippen molar-refractivity contribution in [2.75, 3.05) is 7.11 Å². The molecule has 0 aromatic heterocycles. The summed E-state index contributed by atoms with van der Waals surface area (Å²) in [5.41, 5.74) is 9.10. The van der Waals surface area contributed by atoms with Gasteiger partial charge in [0, 0.05) is 5.56 Å². The summed E-state index contributed by atoms with van der Waals surface area (Å²) >= 11 is 0. The van der Waals surface area contributed by atoms with Crippen LogP contribution in [0.25, 0.3) is 0 Å². The minimum Gasteiger partial charge on any atom is -0.494 e. The molecular formula is C49H38N10O11. The van der Waals surface area contributed by atoms with Crippen LogP contribution in [0.4, 0.5) is 56.9 Å². The summed E-state index contributed by atoms with van der Waals surface area (Å²) < 4.78 is 4.92. The first kappa shape index (κ1) is 57.7. The minimum absolute atomic E-state index is 0.277. The molecule has 5 rings (SSSR count). The summed E-state index contributed by atoms with van der Waals surface area (Å²) in [5, 5.41) is 0. The first-order valence-corrected chi connectivity index (χ1v) is 19.9. The summed E-state index contributed by atoms with van der Waals surface area (Å²) in [5.74, 6) is 0.415. The van der Waals surface area contributed by atoms with Crippen LogP contribution >= 0.6 is 0 Å². The highest BCUT2D eigenvalue weighted by molar-refractivity contribution is 5.72. The number of isocyanates is 10. The normalized spacial score (nSPS) is 8.60. The zero-order valence-electron chi connectivity index (χ0n) is 38.2. The summed E-state index contributed by atoms with van der Waals surface area (Å²) in [4.78, 5) is 135. The van der Waals surface area contributed by atoms with E-state index in [9.17, 15) is 47.9 Å². The number of aryl methyl sites for hydroxylation is 4. The smallest absolute Gasteiger partial charge is 0.240 e. The van der Waals surface area contributed by atoms with Crippen LogP contribution < -0.4 is 4.74 Å². The number of hydrogen-bond acceptors (Lipinski definition) is 21. The van der Waals surface area contributed by atoms with Crippen molar-refractivity contribution in [1.29, 1.82) is 0 Å². The average molecular weight is 943 g/mol. The number of hydrogen-bond donors (Lipinski definition) is 0. The second-order valence-corrected chi connectivity index (χ2v) is 12.8. The Morgan fingerprint density at radius 2 is 0.743 bits per heavy atom. The minimum atomic E-state index is 0.277. The van der Waals surface area contributed by atoms with Gasteiger partial charge in [-0.1, -0.05) is 26.8 Å². The van der Waals surface area contributed by atoms with E-state index >= 15 is 0 Å². The van der Waals surface area contributed by atoms with Crippen LogP contribution in [0.15, 0.2) is 135 Å². The fraction of sp³-hybridized carbons (Fsp3) is 0.184. The Balaban J connectivity index is 0.000000441. The van der Waals surface area contributed by atoms with Gasteiger partial charge >= 0.3 is 0 Å². The third-order valence-electron chi connectivity index (χ3n) is 8.58. The van der Waals surface area contributed by atoms with Crippen LogP contribution in [0.3, 0.4) is 0 Å². The van der Waals surface area contributed by atoms with Crippen LogP contribution in [-0.2, 0) is 67.2 Å². The third-order valence-corrected chi connectivity index (χ3v) is 8.58. The van der Waals surface area contributed by atoms with Gasteiger partial charge in [0.2, 0.25) is 60.8 Å². The second-order valence-electron chi connectivity index (χ2n) is 12.8. The molecule has 0 aliphatic heterocycles. The van der Waals surface area contributed by atoms with E-state index in [1.54, 1.807) is 85.8 Å². The Morgan fingerprint density at radius 1 is 0.371 bits per heavy atom. The van der Waals surface area contributed by atoms with Crippen molar-refractivity contribution in [1.82, 2.24) is 0 Å². The molecule has 70 heavy (non-hydrogen) atoms. The van der Waals surface area contributed by atoms with Gasteiger partial charge in [0.05, 0.1) is 58.3 Å². The van der Waals surface area contributed by atoms with E-state index < -0.39 is 0 Å². The quantitative estimate of drug-likeness (QED) is 0.0744. The van der Waals surface area contributed by atoms with Crippen molar-refractivity contribution < 1.29 is 52.7 Å². The monoisotopic (exact) mass is 942 g/mol. The number of methoxy groups -OCH3 is 1. The molecule has 0 heterocycles. The zero-order valence-corrected chi connectivity index (χ0v) is 38.2. The third kappa shape index (κ3) is 20.3. The van der Waals surface area contributed by atoms with Gasteiger partial charge in [-0.05, 0) is 134 Å². The van der Waals surface area contributed by atoms with E-state index in [1.807, 2.05) is 33.8 Å². The van der Waals surface area contributed by atoms with E-state index in [1.165, 1.54) is 67.9 Å². The molecule has 0 atom stereocenters. The summed E-state index contributed by atoms with van der Waals surface area (Å²) in [6, 6.07) is 22.4. The number of benzene rings is 5. The Morgan fingerprint density at radius 3 is 1.13 bits per heavy atom. The largest absolute Gasteiger partial charge is 0.494 e. The topological polar surface area (TPSA) is 304 Å². The van der Waals surface area contributed by atoms with Crippen LogP contribution in [-0.4, -0.2) is 67.9 Å². The van der Waals surface area contributed by atoms with Crippen molar-refractivity contribution in [3.05, 3.63) is 113 Å². The molecule has 0 bridgehead atoms. The van der Waals surface area contributed by atoms with Gasteiger partial charge in [0.25, 0.3) is 0 Å². The predicted molar refractivity (Wildman–Crippen MR) is 254 cm³/mol. The van der Waals surface area contributed by atoms with Gasteiger partial charge in [-0.15, -0.1) is 0 Å². The van der Waals surface area contributed by atoms with Gasteiger partial charge in [-0.2, -0.15) is 49.9 Å². The lowest BCUT2D eigenvalue weighted by atomic mass is 9.95. The maximum Gasteiger partial charge on any atom is 0.240 e. The first-order valence-electron chi connectivity index (χ1n) is 19.9. The Kier molecular flexibility index (Phi) is 28.1. The number of ether oxygens (including phenoxy) is 1. The molecule has 0 aliphatic rings. The molecule has 0 saturated heterocycles. The number of rotatable bonds is 14. The molecule has 5 aromatic rings. The molecule has 0 unspecified atom stereocenters. The lowest BCUT2D eigenvalue weighted by Crippen LogP contribution is -1.95. The Labute approximate surface area is 398 Å². The Bertz CT molecular complexity index is 3010. The summed E-state index contributed by atoms with van der Waals surface area (Å²) in [6.45, 7) is 9.52. The van der Waals surface area contributed by atoms with Crippen molar-refractivity contribution in [2.24, 2.45) is 49.9 Å². The van der Waals surface area contributed by atoms with Crippen molar-refractivity contribution >= 4 is 118 Å². The van der Waals surface area contributed by atoms with Crippen LogP contribution in [0.1, 0.15) is 48.6 Å². The highest BCUT2D eigenvalue weighted by Gasteiger charge is 2.15. The fourth-order valence-corrected chi connectivity index (χ4v) is 5.65. The summed E-state index contributed by atoms with van der Waals surface area (Å²) in [6.07, 6.45) is 16.6. The molecule has 21 nitrogen and oxygen atoms in total. The maximum atomic E-state index is 10.5. The SMILES string of the molecule is CCc1cc(CC)c(N=C=O)c(CC)c1N=C=O.COc1ccc(N=C=O)cc1N=C=O.Cc1cc(N=C=O)cc(N=C=O)c1.Cc1cc(N=C=O)ccc1N=C=O.O=C=Nc1ccc(N=C=O)cc1. The van der Waals surface area contributed by atoms with Gasteiger partial charge in [0.1, 0.15) is 11.4 Å². The number of nitrogens with zero attached hydrogens (tertiary/aromatic N) is 10. The molecule has 0 amide bonds. The zero-order chi connectivity index (χ0) is 52.1. The standard InChI is InChI=1S/C14H16N2O2.C9H6N2O3.2C9H6N2O2.C8H4N2O2/c1-4-10-7-11(5-2)14(16-9-18)12(6-3)13(10)15-8-17;1-14-9-3-2-7(10-5-12)4-8(9)11-6-13;1-7-2-8(10-5-12)4-9(3-7)11-6-13;1-7-4-8(10-5-12)2-3-9(7)11-6-13;11-5-9-7-1-2-8(4-3-7)10-6-12/h7H,4-6H2,1-3H3;2-4H,1H3;2*2-4H,1H3;1-4H. The molecule has 21 heteroatoms. The molecule has 0 radical (unpaired) electrons. The van der Waals surface area contributed by atoms with Crippen molar-refractivity contribution in [2.45, 2.75) is 53.9 Å². The Hall–Kier alpha value is -10.3. The average Bonchev–Trinajstić information content (AvgIpc) is 3.35.